The van der Waals surface area contributed by atoms with Gasteiger partial charge in [0.05, 0.1) is 24.0 Å². The number of methoxy groups -OCH3 is 1. The van der Waals surface area contributed by atoms with Crippen LogP contribution in [-0.4, -0.2) is 35.9 Å². The number of nitrogens with one attached hydrogen (secondary N) is 2. The summed E-state index contributed by atoms with van der Waals surface area (Å²) in [6.45, 7) is 6.46. The van der Waals surface area contributed by atoms with Crippen LogP contribution in [0.3, 0.4) is 0 Å². The minimum Gasteiger partial charge on any atom is -0.395 e. The smallest absolute Gasteiger partial charge is 0.274 e. The van der Waals surface area contributed by atoms with E-state index in [2.05, 4.69) is 15.5 Å². The van der Waals surface area contributed by atoms with E-state index < -0.39 is 0 Å². The lowest BCUT2D eigenvalue weighted by Gasteiger charge is -2.21. The molecule has 0 radical (unpaired) electrons. The Bertz CT molecular complexity index is 401. The molecule has 1 atom stereocenters. The number of H-pyrrole nitrogens is 1. The molecule has 102 valence electrons. The summed E-state index contributed by atoms with van der Waals surface area (Å²) in [5.41, 5.74) is 7.32. The normalized spacial score (nSPS) is 12.7. The van der Waals surface area contributed by atoms with Gasteiger partial charge in [0.25, 0.3) is 5.91 Å². The number of nitrogen functional groups attached to an aromatic ring is 1. The van der Waals surface area contributed by atoms with Gasteiger partial charge in [-0.25, -0.2) is 0 Å². The number of nitrogens with two attached hydrogens (primary N) is 1. The summed E-state index contributed by atoms with van der Waals surface area (Å²) in [6, 6.07) is -0.0522. The molecule has 1 heterocycles. The number of aromatic nitrogens is 2. The van der Waals surface area contributed by atoms with E-state index in [1.807, 2.05) is 20.8 Å². The fourth-order valence-corrected chi connectivity index (χ4v) is 1.65. The van der Waals surface area contributed by atoms with Crippen LogP contribution >= 0.6 is 0 Å². The molecule has 0 aliphatic rings. The Morgan fingerprint density at radius 3 is 2.67 bits per heavy atom. The standard InChI is InChI=1S/C12H22N4O2/c1-5-8-10(13)11(16-15-8)12(17)14-9(6-18-4)7(2)3/h7,9H,5-6,13H2,1-4H3,(H,14,17)(H,15,16). The third-order valence-electron chi connectivity index (χ3n) is 2.92. The van der Waals surface area contributed by atoms with E-state index in [-0.39, 0.29) is 23.6 Å². The first-order valence-corrected chi connectivity index (χ1v) is 6.13. The number of carbonyl (C=O) groups is 1. The number of aryl methyl sites for hydroxylation is 1. The van der Waals surface area contributed by atoms with Crippen LogP contribution in [0, 0.1) is 5.92 Å². The Labute approximate surface area is 107 Å². The lowest BCUT2D eigenvalue weighted by molar-refractivity contribution is 0.0862. The fourth-order valence-electron chi connectivity index (χ4n) is 1.65. The van der Waals surface area contributed by atoms with Crippen LogP contribution in [0.5, 0.6) is 0 Å². The molecule has 0 bridgehead atoms. The van der Waals surface area contributed by atoms with E-state index in [0.717, 1.165) is 12.1 Å². The second kappa shape index (κ2) is 6.39. The van der Waals surface area contributed by atoms with Gasteiger partial charge < -0.3 is 15.8 Å². The molecule has 6 heteroatoms. The summed E-state index contributed by atoms with van der Waals surface area (Å²) in [6.07, 6.45) is 0.720. The van der Waals surface area contributed by atoms with Crippen LogP contribution < -0.4 is 11.1 Å². The van der Waals surface area contributed by atoms with E-state index in [4.69, 9.17) is 10.5 Å². The first-order valence-electron chi connectivity index (χ1n) is 6.13. The first kappa shape index (κ1) is 14.5. The van der Waals surface area contributed by atoms with Gasteiger partial charge in [-0.05, 0) is 12.3 Å². The highest BCUT2D eigenvalue weighted by atomic mass is 16.5. The monoisotopic (exact) mass is 254 g/mol. The lowest BCUT2D eigenvalue weighted by Crippen LogP contribution is -2.42. The SMILES string of the molecule is CCc1[nH]nc(C(=O)NC(COC)C(C)C)c1N. The Kier molecular flexibility index (Phi) is 5.15. The zero-order chi connectivity index (χ0) is 13.7. The van der Waals surface area contributed by atoms with Crippen molar-refractivity contribution in [2.45, 2.75) is 33.2 Å². The summed E-state index contributed by atoms with van der Waals surface area (Å²) >= 11 is 0. The molecular formula is C12H22N4O2. The van der Waals surface area contributed by atoms with E-state index in [1.54, 1.807) is 7.11 Å². The molecule has 0 fully saturated rings. The van der Waals surface area contributed by atoms with Crippen molar-refractivity contribution >= 4 is 11.6 Å². The molecule has 0 spiro atoms. The van der Waals surface area contributed by atoms with Crippen molar-refractivity contribution in [3.63, 3.8) is 0 Å². The number of anilines is 1. The largest absolute Gasteiger partial charge is 0.395 e. The second-order valence-electron chi connectivity index (χ2n) is 4.60. The van der Waals surface area contributed by atoms with Crippen molar-refractivity contribution in [3.05, 3.63) is 11.4 Å². The quantitative estimate of drug-likeness (QED) is 0.704. The molecule has 18 heavy (non-hydrogen) atoms. The number of ether oxygens (including phenoxy) is 1. The van der Waals surface area contributed by atoms with Gasteiger partial charge in [-0.1, -0.05) is 20.8 Å². The van der Waals surface area contributed by atoms with E-state index in [9.17, 15) is 4.79 Å². The number of hydrogen-bond donors (Lipinski definition) is 3. The molecule has 0 saturated heterocycles. The molecule has 0 aliphatic carbocycles. The Morgan fingerprint density at radius 2 is 2.22 bits per heavy atom. The van der Waals surface area contributed by atoms with Gasteiger partial charge in [0.15, 0.2) is 5.69 Å². The minimum atomic E-state index is -0.265. The maximum Gasteiger partial charge on any atom is 0.274 e. The highest BCUT2D eigenvalue weighted by Crippen LogP contribution is 2.14. The highest BCUT2D eigenvalue weighted by molar-refractivity contribution is 5.97. The summed E-state index contributed by atoms with van der Waals surface area (Å²) in [7, 11) is 1.61. The molecule has 0 aromatic carbocycles. The molecule has 6 nitrogen and oxygen atoms in total. The second-order valence-corrected chi connectivity index (χ2v) is 4.60. The average Bonchev–Trinajstić information content (AvgIpc) is 2.69. The lowest BCUT2D eigenvalue weighted by atomic mass is 10.1. The number of carbonyl (C=O) groups excluding carboxylic acids is 1. The van der Waals surface area contributed by atoms with Crippen molar-refractivity contribution in [2.24, 2.45) is 5.92 Å². The van der Waals surface area contributed by atoms with Gasteiger partial charge in [0, 0.05) is 7.11 Å². The van der Waals surface area contributed by atoms with Crippen LogP contribution in [0.15, 0.2) is 0 Å². The number of amides is 1. The van der Waals surface area contributed by atoms with Crippen LogP contribution in [0.4, 0.5) is 5.69 Å². The topological polar surface area (TPSA) is 93.0 Å². The molecule has 0 aliphatic heterocycles. The number of nitrogens with zero attached hydrogens (tertiary/aromatic N) is 1. The Hall–Kier alpha value is -1.56. The summed E-state index contributed by atoms with van der Waals surface area (Å²) in [5, 5.41) is 9.61. The minimum absolute atomic E-state index is 0.0522. The Balaban J connectivity index is 2.77. The van der Waals surface area contributed by atoms with E-state index in [1.165, 1.54) is 0 Å². The van der Waals surface area contributed by atoms with Gasteiger partial charge >= 0.3 is 0 Å². The predicted octanol–water partition coefficient (Wildman–Crippen LogP) is 0.955. The zero-order valence-corrected chi connectivity index (χ0v) is 11.4. The maximum atomic E-state index is 12.1. The van der Waals surface area contributed by atoms with Crippen molar-refractivity contribution in [3.8, 4) is 0 Å². The van der Waals surface area contributed by atoms with Crippen molar-refractivity contribution in [2.75, 3.05) is 19.5 Å². The Morgan fingerprint density at radius 1 is 1.56 bits per heavy atom. The number of aromatic amines is 1. The molecule has 0 saturated carbocycles. The van der Waals surface area contributed by atoms with Gasteiger partial charge in [-0.2, -0.15) is 5.10 Å². The number of hydrogen-bond acceptors (Lipinski definition) is 4. The average molecular weight is 254 g/mol. The molecule has 1 rings (SSSR count). The van der Waals surface area contributed by atoms with E-state index in [0.29, 0.717) is 12.3 Å². The number of rotatable bonds is 6. The van der Waals surface area contributed by atoms with Crippen LogP contribution in [0.1, 0.15) is 37.0 Å². The molecule has 4 N–H and O–H groups in total. The van der Waals surface area contributed by atoms with Crippen LogP contribution in [0.25, 0.3) is 0 Å². The molecular weight excluding hydrogens is 232 g/mol. The van der Waals surface area contributed by atoms with Crippen LogP contribution in [0.2, 0.25) is 0 Å². The summed E-state index contributed by atoms with van der Waals surface area (Å²) < 4.78 is 5.08. The first-order chi connectivity index (χ1) is 8.51. The highest BCUT2D eigenvalue weighted by Gasteiger charge is 2.21. The molecule has 1 amide bonds. The van der Waals surface area contributed by atoms with Gasteiger partial charge in [-0.15, -0.1) is 0 Å². The van der Waals surface area contributed by atoms with Gasteiger partial charge in [-0.3, -0.25) is 9.89 Å². The van der Waals surface area contributed by atoms with Gasteiger partial charge in [0.1, 0.15) is 0 Å². The summed E-state index contributed by atoms with van der Waals surface area (Å²) in [4.78, 5) is 12.1. The maximum absolute atomic E-state index is 12.1. The third kappa shape index (κ3) is 3.22. The zero-order valence-electron chi connectivity index (χ0n) is 11.4. The summed E-state index contributed by atoms with van der Waals surface area (Å²) in [5.74, 6) is 0.0129. The predicted molar refractivity (Wildman–Crippen MR) is 70.3 cm³/mol. The van der Waals surface area contributed by atoms with Crippen molar-refractivity contribution in [1.82, 2.24) is 15.5 Å². The van der Waals surface area contributed by atoms with Crippen molar-refractivity contribution < 1.29 is 9.53 Å². The molecule has 1 aromatic heterocycles. The van der Waals surface area contributed by atoms with Crippen LogP contribution in [-0.2, 0) is 11.2 Å². The van der Waals surface area contributed by atoms with E-state index >= 15 is 0 Å². The fraction of sp³-hybridized carbons (Fsp3) is 0.667. The third-order valence-corrected chi connectivity index (χ3v) is 2.92. The molecule has 1 aromatic rings. The van der Waals surface area contributed by atoms with Gasteiger partial charge in [0.2, 0.25) is 0 Å². The van der Waals surface area contributed by atoms with Crippen molar-refractivity contribution in [1.29, 1.82) is 0 Å². The molecule has 1 unspecified atom stereocenters.